The molecular weight excluding hydrogens is 893 g/mol. The van der Waals surface area contributed by atoms with E-state index in [0.717, 1.165) is 16.7 Å². The van der Waals surface area contributed by atoms with Crippen LogP contribution in [0.3, 0.4) is 0 Å². The number of carbonyl (C=O) groups is 4. The van der Waals surface area contributed by atoms with Gasteiger partial charge in [-0.1, -0.05) is 178 Å². The van der Waals surface area contributed by atoms with E-state index in [1.54, 1.807) is 121 Å². The summed E-state index contributed by atoms with van der Waals surface area (Å²) in [5.41, 5.74) is 1.73. The molecule has 68 heavy (non-hydrogen) atoms. The van der Waals surface area contributed by atoms with Gasteiger partial charge in [0.1, 0.15) is 5.60 Å². The van der Waals surface area contributed by atoms with Crippen LogP contribution in [0.25, 0.3) is 0 Å². The molecule has 0 saturated heterocycles. The molecule has 0 fully saturated rings. The van der Waals surface area contributed by atoms with Crippen molar-refractivity contribution < 1.29 is 42.9 Å². The lowest BCUT2D eigenvalue weighted by Gasteiger charge is -2.41. The average Bonchev–Trinajstić information content (AvgIpc) is 3.40. The Bertz CT molecular complexity index is 2540. The van der Waals surface area contributed by atoms with Crippen molar-refractivity contribution >= 4 is 47.4 Å². The molecule has 11 heteroatoms. The summed E-state index contributed by atoms with van der Waals surface area (Å²) in [6.07, 6.45) is -6.12. The van der Waals surface area contributed by atoms with E-state index in [1.807, 2.05) is 105 Å². The van der Waals surface area contributed by atoms with Crippen molar-refractivity contribution in [3.8, 4) is 0 Å². The second kappa shape index (κ2) is 24.7. The molecule has 0 N–H and O–H groups in total. The number of thioether (sulfide) groups is 2. The molecule has 0 aliphatic carbocycles. The lowest BCUT2D eigenvalue weighted by atomic mass is 9.80. The van der Waals surface area contributed by atoms with E-state index in [1.165, 1.54) is 23.5 Å². The van der Waals surface area contributed by atoms with Crippen molar-refractivity contribution in [3.05, 3.63) is 251 Å². The Morgan fingerprint density at radius 2 is 0.662 bits per heavy atom. The molecule has 7 rings (SSSR count). The molecule has 0 heterocycles. The van der Waals surface area contributed by atoms with E-state index in [-0.39, 0.29) is 22.3 Å². The first-order chi connectivity index (χ1) is 33.3. The summed E-state index contributed by atoms with van der Waals surface area (Å²) in [6.45, 7) is 3.50. The highest BCUT2D eigenvalue weighted by Gasteiger charge is 2.49. The fourth-order valence-corrected chi connectivity index (χ4v) is 10.4. The SMILES string of the molecule is CCSC(SCC)[C@H](OC(=O)c1ccccc1)[C@H](OC(=O)c1ccccc1)[C@H](OC(=O)c1ccccc1)[C@@H](COC(c1ccccc1)(c1ccccc1)c1ccccc1)OC(=O)c1ccccc1. The molecule has 0 aliphatic heterocycles. The number of carbonyl (C=O) groups excluding carboxylic acids is 4. The third kappa shape index (κ3) is 12.3. The summed E-state index contributed by atoms with van der Waals surface area (Å²) in [5, 5.41) is 0. The standard InChI is InChI=1S/C57H52O9S2/c1-3-67-56(68-4-2)51(66-55(61)44-32-18-8-19-33-44)50(65-54(60)43-30-16-7-17-31-43)49(64-53(59)42-28-14-6-15-29-42)48(63-52(58)41-26-12-5-13-27-41)40-62-57(45-34-20-9-21-35-45,46-36-22-10-23-37-46)47-38-24-11-25-39-47/h5-39,48-51,56H,3-4,40H2,1-2H3/t48-,49-,50-,51-/m1/s1. The summed E-state index contributed by atoms with van der Waals surface area (Å²) in [6, 6.07) is 62.5. The van der Waals surface area contributed by atoms with Crippen molar-refractivity contribution in [1.82, 2.24) is 0 Å². The summed E-state index contributed by atoms with van der Waals surface area (Å²) in [5.74, 6) is -1.91. The second-order valence-electron chi connectivity index (χ2n) is 15.4. The first-order valence-electron chi connectivity index (χ1n) is 22.4. The molecule has 346 valence electrons. The molecule has 0 spiro atoms. The van der Waals surface area contributed by atoms with Crippen LogP contribution in [0.5, 0.6) is 0 Å². The fourth-order valence-electron chi connectivity index (χ4n) is 7.77. The molecule has 0 bridgehead atoms. The van der Waals surface area contributed by atoms with Crippen LogP contribution < -0.4 is 0 Å². The average molecular weight is 945 g/mol. The van der Waals surface area contributed by atoms with Crippen LogP contribution >= 0.6 is 23.5 Å². The molecular formula is C57H52O9S2. The van der Waals surface area contributed by atoms with Crippen molar-refractivity contribution in [2.75, 3.05) is 18.1 Å². The normalized spacial score (nSPS) is 13.0. The molecule has 7 aromatic carbocycles. The minimum absolute atomic E-state index is 0.173. The Kier molecular flexibility index (Phi) is 17.8. The minimum Gasteiger partial charge on any atom is -0.453 e. The van der Waals surface area contributed by atoms with E-state index in [4.69, 9.17) is 23.7 Å². The van der Waals surface area contributed by atoms with E-state index in [9.17, 15) is 19.2 Å². The zero-order valence-corrected chi connectivity index (χ0v) is 39.3. The van der Waals surface area contributed by atoms with Crippen molar-refractivity contribution in [2.24, 2.45) is 0 Å². The van der Waals surface area contributed by atoms with Gasteiger partial charge in [0.05, 0.1) is 33.4 Å². The smallest absolute Gasteiger partial charge is 0.338 e. The number of ether oxygens (including phenoxy) is 5. The Balaban J connectivity index is 1.46. The third-order valence-corrected chi connectivity index (χ3v) is 13.7. The van der Waals surface area contributed by atoms with Crippen LogP contribution in [-0.2, 0) is 29.3 Å². The number of esters is 4. The predicted octanol–water partition coefficient (Wildman–Crippen LogP) is 11.7. The lowest BCUT2D eigenvalue weighted by molar-refractivity contribution is -0.142. The maximum absolute atomic E-state index is 14.7. The van der Waals surface area contributed by atoms with Crippen LogP contribution in [0, 0.1) is 0 Å². The fraction of sp³-hybridized carbons (Fsp3) is 0.193. The van der Waals surface area contributed by atoms with Gasteiger partial charge in [0.15, 0.2) is 24.4 Å². The number of hydrogen-bond acceptors (Lipinski definition) is 11. The molecule has 0 amide bonds. The van der Waals surface area contributed by atoms with Crippen LogP contribution in [0.1, 0.15) is 72.0 Å². The predicted molar refractivity (Wildman–Crippen MR) is 268 cm³/mol. The summed E-state index contributed by atoms with van der Waals surface area (Å²) >= 11 is 2.95. The Labute approximate surface area is 406 Å². The van der Waals surface area contributed by atoms with Gasteiger partial charge in [-0.3, -0.25) is 0 Å². The number of rotatable bonds is 22. The highest BCUT2D eigenvalue weighted by atomic mass is 32.2. The molecule has 4 atom stereocenters. The van der Waals surface area contributed by atoms with Crippen LogP contribution in [0.2, 0.25) is 0 Å². The van der Waals surface area contributed by atoms with Gasteiger partial charge >= 0.3 is 23.9 Å². The first-order valence-corrected chi connectivity index (χ1v) is 24.5. The largest absolute Gasteiger partial charge is 0.453 e. The topological polar surface area (TPSA) is 114 Å². The Morgan fingerprint density at radius 3 is 0.985 bits per heavy atom. The van der Waals surface area contributed by atoms with Crippen LogP contribution in [-0.4, -0.2) is 71.0 Å². The molecule has 0 aromatic heterocycles. The number of hydrogen-bond donors (Lipinski definition) is 0. The zero-order valence-electron chi connectivity index (χ0n) is 37.7. The van der Waals surface area contributed by atoms with Crippen molar-refractivity contribution in [3.63, 3.8) is 0 Å². The quantitative estimate of drug-likeness (QED) is 0.0280. The molecule has 9 nitrogen and oxygen atoms in total. The first kappa shape index (κ1) is 49.0. The van der Waals surface area contributed by atoms with Gasteiger partial charge in [0.2, 0.25) is 0 Å². The second-order valence-corrected chi connectivity index (χ2v) is 18.5. The van der Waals surface area contributed by atoms with E-state index in [0.29, 0.717) is 11.5 Å². The molecule has 0 unspecified atom stereocenters. The number of benzene rings is 7. The lowest BCUT2D eigenvalue weighted by Crippen LogP contribution is -2.56. The Morgan fingerprint density at radius 1 is 0.382 bits per heavy atom. The van der Waals surface area contributed by atoms with Gasteiger partial charge in [0, 0.05) is 0 Å². The summed E-state index contributed by atoms with van der Waals surface area (Å²) < 4.78 is 33.1. The monoisotopic (exact) mass is 944 g/mol. The maximum Gasteiger partial charge on any atom is 0.338 e. The maximum atomic E-state index is 14.7. The molecule has 0 radical (unpaired) electrons. The summed E-state index contributed by atoms with van der Waals surface area (Å²) in [7, 11) is 0. The van der Waals surface area contributed by atoms with Gasteiger partial charge < -0.3 is 23.7 Å². The Hall–Kier alpha value is -6.92. The van der Waals surface area contributed by atoms with Gasteiger partial charge in [-0.15, -0.1) is 23.5 Å². The van der Waals surface area contributed by atoms with E-state index >= 15 is 0 Å². The minimum atomic E-state index is -1.67. The van der Waals surface area contributed by atoms with Crippen molar-refractivity contribution in [2.45, 2.75) is 48.4 Å². The summed E-state index contributed by atoms with van der Waals surface area (Å²) in [4.78, 5) is 58.2. The highest BCUT2D eigenvalue weighted by molar-refractivity contribution is 8.17. The van der Waals surface area contributed by atoms with Crippen LogP contribution in [0.4, 0.5) is 0 Å². The van der Waals surface area contributed by atoms with E-state index < -0.39 is 65.1 Å². The molecule has 0 saturated carbocycles. The zero-order chi connectivity index (χ0) is 47.6. The third-order valence-electron chi connectivity index (χ3n) is 11.0. The van der Waals surface area contributed by atoms with Gasteiger partial charge in [-0.25, -0.2) is 19.2 Å². The highest BCUT2D eigenvalue weighted by Crippen LogP contribution is 2.42. The van der Waals surface area contributed by atoms with E-state index in [2.05, 4.69) is 0 Å². The molecule has 0 aliphatic rings. The molecule has 7 aromatic rings. The van der Waals surface area contributed by atoms with Crippen molar-refractivity contribution in [1.29, 1.82) is 0 Å². The van der Waals surface area contributed by atoms with Gasteiger partial charge in [-0.05, 0) is 76.7 Å². The van der Waals surface area contributed by atoms with Gasteiger partial charge in [0.25, 0.3) is 0 Å². The van der Waals surface area contributed by atoms with Gasteiger partial charge in [-0.2, -0.15) is 0 Å². The van der Waals surface area contributed by atoms with Crippen LogP contribution in [0.15, 0.2) is 212 Å².